The van der Waals surface area contributed by atoms with Crippen LogP contribution in [-0.2, 0) is 0 Å². The van der Waals surface area contributed by atoms with Gasteiger partial charge in [0, 0.05) is 12.7 Å². The van der Waals surface area contributed by atoms with E-state index in [1.54, 1.807) is 19.1 Å². The molecule has 0 radical (unpaired) electrons. The topological polar surface area (TPSA) is 51.2 Å². The van der Waals surface area contributed by atoms with Crippen molar-refractivity contribution in [2.24, 2.45) is 0 Å². The highest BCUT2D eigenvalue weighted by atomic mass is 35.5. The molecule has 1 rings (SSSR count). The van der Waals surface area contributed by atoms with E-state index in [1.165, 1.54) is 6.20 Å². The Kier molecular flexibility index (Phi) is 3.52. The first-order valence-corrected chi connectivity index (χ1v) is 4.18. The van der Waals surface area contributed by atoms with Gasteiger partial charge >= 0.3 is 6.09 Å². The smallest absolute Gasteiger partial charge is 0.407 e. The van der Waals surface area contributed by atoms with Crippen molar-refractivity contribution < 1.29 is 9.53 Å². The number of aromatic nitrogens is 1. The second-order valence-electron chi connectivity index (χ2n) is 2.21. The number of carbonyl (C=O) groups is 1. The predicted octanol–water partition coefficient (Wildman–Crippen LogP) is 1.84. The Balaban J connectivity index is 2.63. The number of hydrogen-bond acceptors (Lipinski definition) is 3. The van der Waals surface area contributed by atoms with E-state index < -0.39 is 6.09 Å². The lowest BCUT2D eigenvalue weighted by Crippen LogP contribution is -2.26. The highest BCUT2D eigenvalue weighted by molar-refractivity contribution is 6.30. The second kappa shape index (κ2) is 4.67. The zero-order valence-electron chi connectivity index (χ0n) is 7.08. The summed E-state index contributed by atoms with van der Waals surface area (Å²) < 4.78 is 4.84. The molecule has 0 fully saturated rings. The quantitative estimate of drug-likeness (QED) is 0.742. The standard InChI is InChI=1S/C8H9ClN2O2/c1-2-10-8(12)13-6-4-3-5-11-7(6)9/h3-5H,2H2,1H3,(H,10,12). The average Bonchev–Trinajstić information content (AvgIpc) is 2.09. The van der Waals surface area contributed by atoms with Crippen LogP contribution in [0.2, 0.25) is 5.15 Å². The Morgan fingerprint density at radius 2 is 2.54 bits per heavy atom. The fraction of sp³-hybridized carbons (Fsp3) is 0.250. The van der Waals surface area contributed by atoms with Gasteiger partial charge in [0.15, 0.2) is 10.9 Å². The molecule has 0 spiro atoms. The molecule has 0 aliphatic heterocycles. The summed E-state index contributed by atoms with van der Waals surface area (Å²) in [5.74, 6) is 0.259. The summed E-state index contributed by atoms with van der Waals surface area (Å²) in [6, 6.07) is 3.21. The summed E-state index contributed by atoms with van der Waals surface area (Å²) >= 11 is 5.65. The molecule has 0 aliphatic carbocycles. The molecule has 1 aromatic rings. The molecule has 0 aliphatic rings. The lowest BCUT2D eigenvalue weighted by molar-refractivity contribution is 0.201. The fourth-order valence-electron chi connectivity index (χ4n) is 0.728. The molecular formula is C8H9ClN2O2. The van der Waals surface area contributed by atoms with Gasteiger partial charge in [0.1, 0.15) is 0 Å². The predicted molar refractivity (Wildman–Crippen MR) is 48.9 cm³/mol. The van der Waals surface area contributed by atoms with Gasteiger partial charge in [-0.25, -0.2) is 9.78 Å². The van der Waals surface area contributed by atoms with Crippen LogP contribution in [0, 0.1) is 0 Å². The van der Waals surface area contributed by atoms with E-state index in [0.717, 1.165) is 0 Å². The third-order valence-corrected chi connectivity index (χ3v) is 1.53. The minimum atomic E-state index is -0.530. The molecule has 1 heterocycles. The maximum Gasteiger partial charge on any atom is 0.412 e. The highest BCUT2D eigenvalue weighted by Gasteiger charge is 2.06. The van der Waals surface area contributed by atoms with Crippen molar-refractivity contribution in [3.8, 4) is 5.75 Å². The van der Waals surface area contributed by atoms with Crippen LogP contribution in [0.25, 0.3) is 0 Å². The monoisotopic (exact) mass is 200 g/mol. The zero-order chi connectivity index (χ0) is 9.68. The van der Waals surface area contributed by atoms with E-state index in [1.807, 2.05) is 0 Å². The lowest BCUT2D eigenvalue weighted by atomic mass is 10.5. The number of nitrogens with one attached hydrogen (secondary N) is 1. The molecule has 1 N–H and O–H groups in total. The van der Waals surface area contributed by atoms with Crippen molar-refractivity contribution in [1.82, 2.24) is 10.3 Å². The van der Waals surface area contributed by atoms with Gasteiger partial charge in [0.25, 0.3) is 0 Å². The van der Waals surface area contributed by atoms with Gasteiger partial charge in [0.05, 0.1) is 0 Å². The number of rotatable bonds is 2. The van der Waals surface area contributed by atoms with Crippen LogP contribution >= 0.6 is 11.6 Å². The normalized spacial score (nSPS) is 9.38. The van der Waals surface area contributed by atoms with Crippen molar-refractivity contribution in [2.45, 2.75) is 6.92 Å². The maximum atomic E-state index is 10.9. The molecule has 1 aromatic heterocycles. The summed E-state index contributed by atoms with van der Waals surface area (Å²) in [5, 5.41) is 2.65. The van der Waals surface area contributed by atoms with Gasteiger partial charge in [-0.15, -0.1) is 0 Å². The van der Waals surface area contributed by atoms with E-state index in [2.05, 4.69) is 10.3 Å². The molecule has 5 heteroatoms. The first kappa shape index (κ1) is 9.80. The molecule has 0 saturated carbocycles. The van der Waals surface area contributed by atoms with Crippen molar-refractivity contribution >= 4 is 17.7 Å². The van der Waals surface area contributed by atoms with Crippen molar-refractivity contribution in [3.63, 3.8) is 0 Å². The Labute approximate surface area is 80.9 Å². The Morgan fingerprint density at radius 1 is 1.77 bits per heavy atom. The molecule has 1 amide bonds. The fourth-order valence-corrected chi connectivity index (χ4v) is 0.886. The lowest BCUT2D eigenvalue weighted by Gasteiger charge is -2.04. The van der Waals surface area contributed by atoms with Crippen LogP contribution in [0.15, 0.2) is 18.3 Å². The first-order valence-electron chi connectivity index (χ1n) is 3.80. The van der Waals surface area contributed by atoms with E-state index in [-0.39, 0.29) is 10.9 Å². The van der Waals surface area contributed by atoms with Crippen LogP contribution in [0.1, 0.15) is 6.92 Å². The first-order chi connectivity index (χ1) is 6.24. The van der Waals surface area contributed by atoms with E-state index in [4.69, 9.17) is 16.3 Å². The number of ether oxygens (including phenoxy) is 1. The minimum absolute atomic E-state index is 0.175. The number of carbonyl (C=O) groups excluding carboxylic acids is 1. The third kappa shape index (κ3) is 2.91. The zero-order valence-corrected chi connectivity index (χ0v) is 7.84. The van der Waals surface area contributed by atoms with Crippen LogP contribution in [0.5, 0.6) is 5.75 Å². The Morgan fingerprint density at radius 3 is 3.15 bits per heavy atom. The van der Waals surface area contributed by atoms with E-state index in [9.17, 15) is 4.79 Å². The molecule has 0 atom stereocenters. The van der Waals surface area contributed by atoms with Crippen molar-refractivity contribution in [3.05, 3.63) is 23.5 Å². The van der Waals surface area contributed by atoms with Crippen molar-refractivity contribution in [1.29, 1.82) is 0 Å². The number of pyridine rings is 1. The van der Waals surface area contributed by atoms with Crippen LogP contribution in [-0.4, -0.2) is 17.6 Å². The van der Waals surface area contributed by atoms with Gasteiger partial charge in [-0.3, -0.25) is 0 Å². The van der Waals surface area contributed by atoms with Crippen LogP contribution in [0.3, 0.4) is 0 Å². The summed E-state index contributed by atoms with van der Waals surface area (Å²) in [4.78, 5) is 14.7. The van der Waals surface area contributed by atoms with Gasteiger partial charge in [0.2, 0.25) is 0 Å². The van der Waals surface area contributed by atoms with Gasteiger partial charge < -0.3 is 10.1 Å². The molecule has 4 nitrogen and oxygen atoms in total. The highest BCUT2D eigenvalue weighted by Crippen LogP contribution is 2.19. The number of amides is 1. The second-order valence-corrected chi connectivity index (χ2v) is 2.57. The van der Waals surface area contributed by atoms with Crippen LogP contribution < -0.4 is 10.1 Å². The molecular weight excluding hydrogens is 192 g/mol. The largest absolute Gasteiger partial charge is 0.412 e. The third-order valence-electron chi connectivity index (χ3n) is 1.25. The van der Waals surface area contributed by atoms with Gasteiger partial charge in [-0.2, -0.15) is 0 Å². The molecule has 70 valence electrons. The summed E-state index contributed by atoms with van der Waals surface area (Å²) in [5.41, 5.74) is 0. The average molecular weight is 201 g/mol. The van der Waals surface area contributed by atoms with Gasteiger partial charge in [-0.05, 0) is 19.1 Å². The summed E-state index contributed by atoms with van der Waals surface area (Å²) in [6.45, 7) is 2.31. The van der Waals surface area contributed by atoms with Crippen LogP contribution in [0.4, 0.5) is 4.79 Å². The summed E-state index contributed by atoms with van der Waals surface area (Å²) in [7, 11) is 0. The van der Waals surface area contributed by atoms with E-state index in [0.29, 0.717) is 6.54 Å². The Hall–Kier alpha value is -1.29. The molecule has 13 heavy (non-hydrogen) atoms. The SMILES string of the molecule is CCNC(=O)Oc1cccnc1Cl. The maximum absolute atomic E-state index is 10.9. The number of halogens is 1. The summed E-state index contributed by atoms with van der Waals surface area (Å²) in [6.07, 6.45) is 0.991. The van der Waals surface area contributed by atoms with E-state index >= 15 is 0 Å². The number of nitrogens with zero attached hydrogens (tertiary/aromatic N) is 1. The number of hydrogen-bond donors (Lipinski definition) is 1. The molecule has 0 saturated heterocycles. The molecule has 0 bridgehead atoms. The Bertz CT molecular complexity index is 304. The molecule has 0 unspecified atom stereocenters. The van der Waals surface area contributed by atoms with Crippen molar-refractivity contribution in [2.75, 3.05) is 6.54 Å². The molecule has 0 aromatic carbocycles. The van der Waals surface area contributed by atoms with Gasteiger partial charge in [-0.1, -0.05) is 11.6 Å². The minimum Gasteiger partial charge on any atom is -0.407 e.